The number of carbonyl (C=O) groups is 2. The van der Waals surface area contributed by atoms with Crippen molar-refractivity contribution in [3.63, 3.8) is 0 Å². The molecule has 210 valence electrons. The molecule has 3 aromatic rings. The Morgan fingerprint density at radius 2 is 1.85 bits per heavy atom. The zero-order chi connectivity index (χ0) is 28.5. The van der Waals surface area contributed by atoms with Gasteiger partial charge in [-0.05, 0) is 75.6 Å². The average Bonchev–Trinajstić information content (AvgIpc) is 3.26. The van der Waals surface area contributed by atoms with E-state index in [1.54, 1.807) is 21.0 Å². The van der Waals surface area contributed by atoms with Crippen LogP contribution in [-0.4, -0.2) is 39.9 Å². The summed E-state index contributed by atoms with van der Waals surface area (Å²) in [6, 6.07) is 6.01. The van der Waals surface area contributed by atoms with Crippen LogP contribution >= 0.6 is 11.3 Å². The number of fused-ring (bicyclic) bond motifs is 1. The second kappa shape index (κ2) is 11.4. The first-order valence-electron chi connectivity index (χ1n) is 13.4. The van der Waals surface area contributed by atoms with Crippen LogP contribution in [0.15, 0.2) is 27.8 Å². The minimum atomic E-state index is -1.81. The Bertz CT molecular complexity index is 1520. The number of aromatic nitrogens is 2. The quantitative estimate of drug-likeness (QED) is 0.375. The number of hydrogen-bond acceptors (Lipinski definition) is 7. The number of aryl methyl sites for hydroxylation is 2. The molecule has 0 atom stereocenters. The zero-order valence-corrected chi connectivity index (χ0v) is 24.0. The van der Waals surface area contributed by atoms with E-state index >= 15 is 0 Å². The molecule has 2 aromatic heterocycles. The summed E-state index contributed by atoms with van der Waals surface area (Å²) in [5.41, 5.74) is -0.690. The fraction of sp³-hybridized carbons (Fsp3) is 0.517. The average molecular weight is 557 g/mol. The smallest absolute Gasteiger partial charge is 0.348 e. The van der Waals surface area contributed by atoms with Gasteiger partial charge in [-0.3, -0.25) is 9.36 Å². The molecule has 2 heterocycles. The first-order valence-corrected chi connectivity index (χ1v) is 14.2. The molecule has 1 saturated carbocycles. The van der Waals surface area contributed by atoms with Gasteiger partial charge in [0.05, 0.1) is 19.1 Å². The van der Waals surface area contributed by atoms with Crippen LogP contribution in [0.5, 0.6) is 5.75 Å². The van der Waals surface area contributed by atoms with Crippen LogP contribution in [0.25, 0.3) is 10.2 Å². The molecule has 10 heteroatoms. The molecule has 0 spiro atoms. The predicted octanol–water partition coefficient (Wildman–Crippen LogP) is 4.83. The van der Waals surface area contributed by atoms with Crippen molar-refractivity contribution < 1.29 is 24.2 Å². The van der Waals surface area contributed by atoms with Gasteiger partial charge < -0.3 is 14.6 Å². The third-order valence-corrected chi connectivity index (χ3v) is 9.07. The number of esters is 1. The summed E-state index contributed by atoms with van der Waals surface area (Å²) in [4.78, 5) is 52.9. The first-order chi connectivity index (χ1) is 18.5. The maximum Gasteiger partial charge on any atom is 0.348 e. The van der Waals surface area contributed by atoms with Crippen LogP contribution in [0.2, 0.25) is 0 Å². The molecule has 0 radical (unpaired) electrons. The maximum atomic E-state index is 13.9. The number of thiophene rings is 1. The maximum absolute atomic E-state index is 13.9. The highest BCUT2D eigenvalue weighted by Crippen LogP contribution is 2.38. The van der Waals surface area contributed by atoms with Crippen molar-refractivity contribution in [1.82, 2.24) is 9.13 Å². The van der Waals surface area contributed by atoms with E-state index in [2.05, 4.69) is 6.07 Å². The number of hydrogen-bond donors (Lipinski definition) is 1. The number of nitrogens with zero attached hydrogens (tertiary/aromatic N) is 2. The predicted molar refractivity (Wildman–Crippen MR) is 151 cm³/mol. The second-order valence-electron chi connectivity index (χ2n) is 10.5. The Morgan fingerprint density at radius 1 is 1.15 bits per heavy atom. The van der Waals surface area contributed by atoms with Crippen LogP contribution in [0.1, 0.15) is 85.2 Å². The molecule has 0 aliphatic heterocycles. The number of carboxylic acid groups (broad SMARTS) is 1. The molecule has 1 N–H and O–H groups in total. The summed E-state index contributed by atoms with van der Waals surface area (Å²) in [6.07, 6.45) is 6.18. The van der Waals surface area contributed by atoms with Crippen molar-refractivity contribution in [2.75, 3.05) is 13.7 Å². The number of methoxy groups -OCH3 is 1. The summed E-state index contributed by atoms with van der Waals surface area (Å²) in [6.45, 7) is 6.30. The van der Waals surface area contributed by atoms with Gasteiger partial charge >= 0.3 is 17.6 Å². The largest absolute Gasteiger partial charge is 0.496 e. The number of carboxylic acids is 1. The Hall–Kier alpha value is -3.40. The van der Waals surface area contributed by atoms with E-state index in [9.17, 15) is 24.3 Å². The van der Waals surface area contributed by atoms with E-state index in [4.69, 9.17) is 9.47 Å². The van der Waals surface area contributed by atoms with E-state index in [1.165, 1.54) is 43.2 Å². The van der Waals surface area contributed by atoms with E-state index in [1.807, 2.05) is 12.1 Å². The van der Waals surface area contributed by atoms with E-state index in [0.717, 1.165) is 40.1 Å². The van der Waals surface area contributed by atoms with Gasteiger partial charge in [-0.2, -0.15) is 0 Å². The summed E-state index contributed by atoms with van der Waals surface area (Å²) in [7, 11) is 1.62. The Balaban J connectivity index is 1.92. The molecule has 0 saturated heterocycles. The lowest BCUT2D eigenvalue weighted by atomic mass is 9.81. The van der Waals surface area contributed by atoms with E-state index < -0.39 is 28.7 Å². The third-order valence-electron chi connectivity index (χ3n) is 7.78. The fourth-order valence-electron chi connectivity index (χ4n) is 5.58. The van der Waals surface area contributed by atoms with Gasteiger partial charge in [0.15, 0.2) is 0 Å². The lowest BCUT2D eigenvalue weighted by Crippen LogP contribution is -2.52. The van der Waals surface area contributed by atoms with Gasteiger partial charge in [-0.25, -0.2) is 19.0 Å². The zero-order valence-electron chi connectivity index (χ0n) is 23.2. The molecule has 0 bridgehead atoms. The van der Waals surface area contributed by atoms with Gasteiger partial charge in [0, 0.05) is 6.54 Å². The number of aliphatic carboxylic acids is 1. The van der Waals surface area contributed by atoms with Gasteiger partial charge in [-0.1, -0.05) is 31.4 Å². The number of benzene rings is 1. The van der Waals surface area contributed by atoms with Crippen molar-refractivity contribution in [2.45, 2.75) is 84.2 Å². The fourth-order valence-corrected chi connectivity index (χ4v) is 6.80. The number of carbonyl (C=O) groups excluding carboxylic acids is 1. The van der Waals surface area contributed by atoms with Crippen molar-refractivity contribution in [3.05, 3.63) is 60.6 Å². The van der Waals surface area contributed by atoms with Crippen molar-refractivity contribution >= 4 is 33.5 Å². The van der Waals surface area contributed by atoms with Gasteiger partial charge in [0.25, 0.3) is 5.56 Å². The van der Waals surface area contributed by atoms with E-state index in [0.29, 0.717) is 22.7 Å². The molecule has 39 heavy (non-hydrogen) atoms. The van der Waals surface area contributed by atoms with Crippen molar-refractivity contribution in [2.24, 2.45) is 0 Å². The van der Waals surface area contributed by atoms with Crippen LogP contribution < -0.4 is 16.0 Å². The molecule has 0 amide bonds. The minimum Gasteiger partial charge on any atom is -0.496 e. The molecule has 1 aliphatic carbocycles. The topological polar surface area (TPSA) is 117 Å². The normalized spacial score (nSPS) is 14.5. The number of ether oxygens (including phenoxy) is 2. The lowest BCUT2D eigenvalue weighted by molar-refractivity contribution is -0.146. The highest BCUT2D eigenvalue weighted by Gasteiger charge is 2.36. The second-order valence-corrected chi connectivity index (χ2v) is 11.5. The van der Waals surface area contributed by atoms with Crippen LogP contribution in [0.4, 0.5) is 0 Å². The molecule has 1 fully saturated rings. The van der Waals surface area contributed by atoms with Crippen LogP contribution in [0, 0.1) is 6.92 Å². The van der Waals surface area contributed by atoms with Gasteiger partial charge in [0.2, 0.25) is 0 Å². The Morgan fingerprint density at radius 3 is 2.46 bits per heavy atom. The first kappa shape index (κ1) is 28.6. The monoisotopic (exact) mass is 556 g/mol. The number of rotatable bonds is 9. The summed E-state index contributed by atoms with van der Waals surface area (Å²) in [5, 5.41) is 10.1. The molecular weight excluding hydrogens is 520 g/mol. The molecule has 1 aromatic carbocycles. The van der Waals surface area contributed by atoms with Gasteiger partial charge in [0.1, 0.15) is 21.0 Å². The standard InChI is InChI=1S/C29H36N2O7S/c1-6-38-26(33)23-17(2)22-24(32)31(29(3,4)27(34)35)28(36)30(25(22)39-23)16-15-20-19(13-10-14-21(20)37-5)18-11-8-7-9-12-18/h10,13-14,18H,6-9,11-12,15-16H2,1-5H3,(H,34,35). The van der Waals surface area contributed by atoms with Crippen molar-refractivity contribution in [1.29, 1.82) is 0 Å². The van der Waals surface area contributed by atoms with Gasteiger partial charge in [-0.15, -0.1) is 11.3 Å². The third kappa shape index (κ3) is 5.14. The molecule has 9 nitrogen and oxygen atoms in total. The SMILES string of the molecule is CCOC(=O)c1sc2c(c1C)c(=O)n(C(C)(C)C(=O)O)c(=O)n2CCc1c(OC)cccc1C1CCCCC1. The lowest BCUT2D eigenvalue weighted by Gasteiger charge is -2.26. The van der Waals surface area contributed by atoms with Crippen LogP contribution in [-0.2, 0) is 28.0 Å². The highest BCUT2D eigenvalue weighted by molar-refractivity contribution is 7.20. The van der Waals surface area contributed by atoms with E-state index in [-0.39, 0.29) is 23.4 Å². The molecule has 0 unspecified atom stereocenters. The highest BCUT2D eigenvalue weighted by atomic mass is 32.1. The van der Waals surface area contributed by atoms with Crippen LogP contribution in [0.3, 0.4) is 0 Å². The molecule has 1 aliphatic rings. The Labute approximate surface area is 231 Å². The molecular formula is C29H36N2O7S. The summed E-state index contributed by atoms with van der Waals surface area (Å²) in [5.74, 6) is -0.755. The van der Waals surface area contributed by atoms with Crippen molar-refractivity contribution in [3.8, 4) is 5.75 Å². The summed E-state index contributed by atoms with van der Waals surface area (Å²) < 4.78 is 13.1. The minimum absolute atomic E-state index is 0.157. The summed E-state index contributed by atoms with van der Waals surface area (Å²) >= 11 is 1.03. The Kier molecular flexibility index (Phi) is 8.34. The molecule has 4 rings (SSSR count).